The molecule has 5 heteroatoms. The van der Waals surface area contributed by atoms with Gasteiger partial charge >= 0.3 is 0 Å². The Labute approximate surface area is 125 Å². The third kappa shape index (κ3) is 3.82. The van der Waals surface area contributed by atoms with Gasteiger partial charge in [0.05, 0.1) is 23.6 Å². The fourth-order valence-corrected chi connectivity index (χ4v) is 2.15. The number of hydrogen-bond donors (Lipinski definition) is 2. The van der Waals surface area contributed by atoms with Crippen LogP contribution in [-0.2, 0) is 18.4 Å². The van der Waals surface area contributed by atoms with E-state index in [1.54, 1.807) is 0 Å². The molecule has 1 atom stereocenters. The molecule has 0 aliphatic rings. The summed E-state index contributed by atoms with van der Waals surface area (Å²) < 4.78 is 2.06. The van der Waals surface area contributed by atoms with Gasteiger partial charge in [-0.05, 0) is 25.0 Å². The highest BCUT2D eigenvalue weighted by atomic mass is 16.2. The van der Waals surface area contributed by atoms with Crippen molar-refractivity contribution in [2.24, 2.45) is 13.0 Å². The zero-order valence-corrected chi connectivity index (χ0v) is 13.2. The molecule has 2 aromatic rings. The molecule has 0 saturated heterocycles. The summed E-state index contributed by atoms with van der Waals surface area (Å²) in [5.41, 5.74) is 2.08. The molecule has 0 aliphatic heterocycles. The van der Waals surface area contributed by atoms with Crippen molar-refractivity contribution in [3.8, 4) is 0 Å². The minimum atomic E-state index is -0.233. The first kappa shape index (κ1) is 15.5. The first-order valence-electron chi connectivity index (χ1n) is 7.40. The van der Waals surface area contributed by atoms with Gasteiger partial charge in [-0.25, -0.2) is 4.98 Å². The molecule has 5 nitrogen and oxygen atoms in total. The Morgan fingerprint density at radius 3 is 2.67 bits per heavy atom. The monoisotopic (exact) mass is 288 g/mol. The highest BCUT2D eigenvalue weighted by molar-refractivity contribution is 5.81. The van der Waals surface area contributed by atoms with Gasteiger partial charge in [0.1, 0.15) is 5.82 Å². The SMILES string of the molecule is CC(C)CNC(=O)C(C)NCc1nc2ccccc2n1C. The van der Waals surface area contributed by atoms with Gasteiger partial charge in [-0.1, -0.05) is 26.0 Å². The van der Waals surface area contributed by atoms with Crippen molar-refractivity contribution in [2.45, 2.75) is 33.4 Å². The van der Waals surface area contributed by atoms with Crippen LogP contribution in [-0.4, -0.2) is 28.0 Å². The lowest BCUT2D eigenvalue weighted by molar-refractivity contribution is -0.122. The van der Waals surface area contributed by atoms with Crippen molar-refractivity contribution in [2.75, 3.05) is 6.54 Å². The van der Waals surface area contributed by atoms with Gasteiger partial charge < -0.3 is 9.88 Å². The fraction of sp³-hybridized carbons (Fsp3) is 0.500. The standard InChI is InChI=1S/C16H24N4O/c1-11(2)9-18-16(21)12(3)17-10-15-19-13-7-5-6-8-14(13)20(15)4/h5-8,11-12,17H,9-10H2,1-4H3,(H,18,21). The molecular formula is C16H24N4O. The molecule has 1 aromatic heterocycles. The summed E-state index contributed by atoms with van der Waals surface area (Å²) in [6.45, 7) is 7.31. The third-order valence-corrected chi connectivity index (χ3v) is 3.52. The minimum absolute atomic E-state index is 0.0301. The number of benzene rings is 1. The van der Waals surface area contributed by atoms with Crippen LogP contribution in [0.1, 0.15) is 26.6 Å². The van der Waals surface area contributed by atoms with Gasteiger partial charge in [0, 0.05) is 13.6 Å². The van der Waals surface area contributed by atoms with Crippen LogP contribution >= 0.6 is 0 Å². The summed E-state index contributed by atoms with van der Waals surface area (Å²) in [6.07, 6.45) is 0. The average molecular weight is 288 g/mol. The quantitative estimate of drug-likeness (QED) is 0.852. The van der Waals surface area contributed by atoms with Crippen LogP contribution in [0.3, 0.4) is 0 Å². The van der Waals surface area contributed by atoms with Gasteiger partial charge in [-0.3, -0.25) is 10.1 Å². The van der Waals surface area contributed by atoms with E-state index in [1.165, 1.54) is 0 Å². The number of aryl methyl sites for hydroxylation is 1. The number of rotatable bonds is 6. The number of carbonyl (C=O) groups is 1. The molecule has 2 rings (SSSR count). The molecule has 0 aliphatic carbocycles. The molecule has 114 valence electrons. The Kier molecular flexibility index (Phi) is 4.96. The molecule has 1 amide bonds. The number of hydrogen-bond acceptors (Lipinski definition) is 3. The molecule has 0 spiro atoms. The lowest BCUT2D eigenvalue weighted by Gasteiger charge is -2.15. The maximum atomic E-state index is 11.9. The summed E-state index contributed by atoms with van der Waals surface area (Å²) in [5, 5.41) is 6.16. The molecule has 0 radical (unpaired) electrons. The molecule has 1 aromatic carbocycles. The summed E-state index contributed by atoms with van der Waals surface area (Å²) >= 11 is 0. The van der Waals surface area contributed by atoms with E-state index in [0.717, 1.165) is 16.9 Å². The molecule has 0 bridgehead atoms. The Morgan fingerprint density at radius 2 is 2.00 bits per heavy atom. The molecule has 21 heavy (non-hydrogen) atoms. The predicted molar refractivity (Wildman–Crippen MR) is 84.9 cm³/mol. The summed E-state index contributed by atoms with van der Waals surface area (Å²) in [4.78, 5) is 16.5. The van der Waals surface area contributed by atoms with E-state index in [1.807, 2.05) is 38.2 Å². The molecule has 0 fully saturated rings. The number of amides is 1. The van der Waals surface area contributed by atoms with Crippen LogP contribution < -0.4 is 10.6 Å². The third-order valence-electron chi connectivity index (χ3n) is 3.52. The Bertz CT molecular complexity index is 618. The van der Waals surface area contributed by atoms with Crippen LogP contribution in [0.4, 0.5) is 0 Å². The highest BCUT2D eigenvalue weighted by Crippen LogP contribution is 2.13. The van der Waals surface area contributed by atoms with Gasteiger partial charge in [-0.2, -0.15) is 0 Å². The van der Waals surface area contributed by atoms with E-state index in [2.05, 4.69) is 34.0 Å². The number of imidazole rings is 1. The van der Waals surface area contributed by atoms with Crippen LogP contribution in [0.25, 0.3) is 11.0 Å². The number of fused-ring (bicyclic) bond motifs is 1. The van der Waals surface area contributed by atoms with Gasteiger partial charge in [0.15, 0.2) is 0 Å². The molecule has 1 unspecified atom stereocenters. The summed E-state index contributed by atoms with van der Waals surface area (Å²) in [6, 6.07) is 7.79. The van der Waals surface area contributed by atoms with E-state index in [-0.39, 0.29) is 11.9 Å². The Balaban J connectivity index is 1.95. The molecule has 2 N–H and O–H groups in total. The molecular weight excluding hydrogens is 264 g/mol. The maximum Gasteiger partial charge on any atom is 0.236 e. The van der Waals surface area contributed by atoms with Gasteiger partial charge in [-0.15, -0.1) is 0 Å². The summed E-state index contributed by atoms with van der Waals surface area (Å²) in [5.74, 6) is 1.42. The van der Waals surface area contributed by atoms with E-state index in [9.17, 15) is 4.79 Å². The number of para-hydroxylation sites is 2. The topological polar surface area (TPSA) is 59.0 Å². The normalized spacial score (nSPS) is 12.8. The first-order chi connectivity index (χ1) is 9.99. The van der Waals surface area contributed by atoms with E-state index < -0.39 is 0 Å². The lowest BCUT2D eigenvalue weighted by atomic mass is 10.2. The van der Waals surface area contributed by atoms with Crippen LogP contribution in [0.5, 0.6) is 0 Å². The zero-order valence-electron chi connectivity index (χ0n) is 13.2. The fourth-order valence-electron chi connectivity index (χ4n) is 2.15. The second-order valence-electron chi connectivity index (χ2n) is 5.82. The Morgan fingerprint density at radius 1 is 1.29 bits per heavy atom. The van der Waals surface area contributed by atoms with Crippen molar-refractivity contribution >= 4 is 16.9 Å². The zero-order chi connectivity index (χ0) is 15.4. The lowest BCUT2D eigenvalue weighted by Crippen LogP contribution is -2.43. The Hall–Kier alpha value is -1.88. The van der Waals surface area contributed by atoms with Crippen LogP contribution in [0.15, 0.2) is 24.3 Å². The second-order valence-corrected chi connectivity index (χ2v) is 5.82. The van der Waals surface area contributed by atoms with Crippen molar-refractivity contribution in [3.63, 3.8) is 0 Å². The van der Waals surface area contributed by atoms with E-state index in [4.69, 9.17) is 0 Å². The van der Waals surface area contributed by atoms with E-state index >= 15 is 0 Å². The number of nitrogens with zero attached hydrogens (tertiary/aromatic N) is 2. The van der Waals surface area contributed by atoms with Crippen molar-refractivity contribution in [3.05, 3.63) is 30.1 Å². The van der Waals surface area contributed by atoms with Crippen molar-refractivity contribution in [1.82, 2.24) is 20.2 Å². The minimum Gasteiger partial charge on any atom is -0.354 e. The highest BCUT2D eigenvalue weighted by Gasteiger charge is 2.14. The van der Waals surface area contributed by atoms with Crippen molar-refractivity contribution in [1.29, 1.82) is 0 Å². The molecule has 0 saturated carbocycles. The van der Waals surface area contributed by atoms with Gasteiger partial charge in [0.2, 0.25) is 5.91 Å². The van der Waals surface area contributed by atoms with Gasteiger partial charge in [0.25, 0.3) is 0 Å². The summed E-state index contributed by atoms with van der Waals surface area (Å²) in [7, 11) is 2.00. The number of carbonyl (C=O) groups excluding carboxylic acids is 1. The van der Waals surface area contributed by atoms with Crippen molar-refractivity contribution < 1.29 is 4.79 Å². The predicted octanol–water partition coefficient (Wildman–Crippen LogP) is 1.82. The van der Waals surface area contributed by atoms with Crippen LogP contribution in [0, 0.1) is 5.92 Å². The average Bonchev–Trinajstić information content (AvgIpc) is 2.79. The first-order valence-corrected chi connectivity index (χ1v) is 7.40. The maximum absolute atomic E-state index is 11.9. The number of nitrogens with one attached hydrogen (secondary N) is 2. The number of aromatic nitrogens is 2. The van der Waals surface area contributed by atoms with Crippen LogP contribution in [0.2, 0.25) is 0 Å². The van der Waals surface area contributed by atoms with E-state index in [0.29, 0.717) is 19.0 Å². The smallest absolute Gasteiger partial charge is 0.236 e. The second kappa shape index (κ2) is 6.72. The largest absolute Gasteiger partial charge is 0.354 e. The molecule has 1 heterocycles.